The van der Waals surface area contributed by atoms with Gasteiger partial charge in [0.2, 0.25) is 0 Å². The van der Waals surface area contributed by atoms with Gasteiger partial charge < -0.3 is 5.32 Å². The van der Waals surface area contributed by atoms with E-state index in [0.717, 1.165) is 33.0 Å². The minimum absolute atomic E-state index is 0.141. The van der Waals surface area contributed by atoms with Crippen molar-refractivity contribution in [2.75, 3.05) is 6.54 Å². The summed E-state index contributed by atoms with van der Waals surface area (Å²) < 4.78 is 15.6. The Kier molecular flexibility index (Phi) is 5.97. The second kappa shape index (κ2) is 7.52. The summed E-state index contributed by atoms with van der Waals surface area (Å²) in [7, 11) is 0. The lowest BCUT2D eigenvalue weighted by atomic mass is 9.96. The minimum Gasteiger partial charge on any atom is -0.310 e. The van der Waals surface area contributed by atoms with E-state index in [0.29, 0.717) is 0 Å². The van der Waals surface area contributed by atoms with Crippen LogP contribution in [0.15, 0.2) is 45.3 Å². The summed E-state index contributed by atoms with van der Waals surface area (Å²) in [4.78, 5) is 0. The van der Waals surface area contributed by atoms with E-state index in [1.54, 1.807) is 6.07 Å². The standard InChI is InChI=1S/C17H18Br2FN/c1-3-21-17(15-10-13(18)5-7-16(15)19)9-12-8-14(20)6-4-11(12)2/h4-8,10,17,21H,3,9H2,1-2H3. The summed E-state index contributed by atoms with van der Waals surface area (Å²) in [6, 6.07) is 11.3. The third-order valence-corrected chi connectivity index (χ3v) is 4.73. The molecule has 0 heterocycles. The highest BCUT2D eigenvalue weighted by molar-refractivity contribution is 9.11. The molecule has 1 atom stereocenters. The van der Waals surface area contributed by atoms with Crippen molar-refractivity contribution in [1.82, 2.24) is 5.32 Å². The first-order chi connectivity index (χ1) is 10.0. The zero-order valence-electron chi connectivity index (χ0n) is 12.1. The highest BCUT2D eigenvalue weighted by Crippen LogP contribution is 2.30. The van der Waals surface area contributed by atoms with Crippen molar-refractivity contribution in [3.05, 3.63) is 67.9 Å². The van der Waals surface area contributed by atoms with Crippen LogP contribution in [0.3, 0.4) is 0 Å². The molecule has 112 valence electrons. The summed E-state index contributed by atoms with van der Waals surface area (Å²) in [5.74, 6) is -0.181. The lowest BCUT2D eigenvalue weighted by molar-refractivity contribution is 0.543. The molecular formula is C17H18Br2FN. The van der Waals surface area contributed by atoms with Gasteiger partial charge in [-0.15, -0.1) is 0 Å². The summed E-state index contributed by atoms with van der Waals surface area (Å²) in [5, 5.41) is 3.49. The maximum Gasteiger partial charge on any atom is 0.123 e. The fourth-order valence-corrected chi connectivity index (χ4v) is 3.30. The third-order valence-electron chi connectivity index (χ3n) is 3.52. The smallest absolute Gasteiger partial charge is 0.123 e. The Labute approximate surface area is 142 Å². The van der Waals surface area contributed by atoms with Crippen LogP contribution in [0.4, 0.5) is 4.39 Å². The van der Waals surface area contributed by atoms with Crippen molar-refractivity contribution in [1.29, 1.82) is 0 Å². The molecule has 2 aromatic rings. The highest BCUT2D eigenvalue weighted by Gasteiger charge is 2.16. The molecule has 1 unspecified atom stereocenters. The molecule has 0 fully saturated rings. The molecule has 0 aliphatic heterocycles. The average Bonchev–Trinajstić information content (AvgIpc) is 2.45. The number of hydrogen-bond acceptors (Lipinski definition) is 1. The summed E-state index contributed by atoms with van der Waals surface area (Å²) >= 11 is 7.13. The first-order valence-electron chi connectivity index (χ1n) is 6.94. The SMILES string of the molecule is CCNC(Cc1cc(F)ccc1C)c1cc(Br)ccc1Br. The molecule has 0 aliphatic rings. The van der Waals surface area contributed by atoms with Gasteiger partial charge in [0.15, 0.2) is 0 Å². The largest absolute Gasteiger partial charge is 0.310 e. The molecule has 0 bridgehead atoms. The Morgan fingerprint density at radius 2 is 1.90 bits per heavy atom. The van der Waals surface area contributed by atoms with Crippen molar-refractivity contribution in [2.24, 2.45) is 0 Å². The Balaban J connectivity index is 2.35. The Hall–Kier alpha value is -0.710. The van der Waals surface area contributed by atoms with Gasteiger partial charge in [0.25, 0.3) is 0 Å². The van der Waals surface area contributed by atoms with Crippen molar-refractivity contribution in [2.45, 2.75) is 26.3 Å². The third kappa shape index (κ3) is 4.38. The summed E-state index contributed by atoms with van der Waals surface area (Å²) in [6.07, 6.45) is 0.756. The zero-order valence-corrected chi connectivity index (χ0v) is 15.3. The number of hydrogen-bond donors (Lipinski definition) is 1. The maximum absolute atomic E-state index is 13.5. The van der Waals surface area contributed by atoms with E-state index >= 15 is 0 Å². The molecule has 2 rings (SSSR count). The first-order valence-corrected chi connectivity index (χ1v) is 8.53. The first kappa shape index (κ1) is 16.7. The van der Waals surface area contributed by atoms with Gasteiger partial charge in [-0.25, -0.2) is 4.39 Å². The molecule has 4 heteroatoms. The molecule has 0 saturated carbocycles. The molecule has 0 aliphatic carbocycles. The molecule has 2 aromatic carbocycles. The van der Waals surface area contributed by atoms with Gasteiger partial charge in [0.1, 0.15) is 5.82 Å². The van der Waals surface area contributed by atoms with Crippen molar-refractivity contribution >= 4 is 31.9 Å². The summed E-state index contributed by atoms with van der Waals surface area (Å²) in [5.41, 5.74) is 3.33. The van der Waals surface area contributed by atoms with Gasteiger partial charge in [-0.3, -0.25) is 0 Å². The van der Waals surface area contributed by atoms with Crippen LogP contribution in [0.1, 0.15) is 29.7 Å². The molecule has 0 amide bonds. The van der Waals surface area contributed by atoms with Crippen LogP contribution in [0.5, 0.6) is 0 Å². The number of rotatable bonds is 5. The van der Waals surface area contributed by atoms with Crippen LogP contribution >= 0.6 is 31.9 Å². The van der Waals surface area contributed by atoms with Gasteiger partial charge in [0, 0.05) is 15.0 Å². The number of aryl methyl sites for hydroxylation is 1. The van der Waals surface area contributed by atoms with E-state index in [1.165, 1.54) is 11.6 Å². The number of nitrogens with one attached hydrogen (secondary N) is 1. The normalized spacial score (nSPS) is 12.4. The van der Waals surface area contributed by atoms with Crippen LogP contribution in [0.2, 0.25) is 0 Å². The number of halogens is 3. The highest BCUT2D eigenvalue weighted by atomic mass is 79.9. The minimum atomic E-state index is -0.181. The van der Waals surface area contributed by atoms with Crippen LogP contribution in [-0.2, 0) is 6.42 Å². The fraction of sp³-hybridized carbons (Fsp3) is 0.294. The monoisotopic (exact) mass is 413 g/mol. The topological polar surface area (TPSA) is 12.0 Å². The molecule has 1 N–H and O–H groups in total. The fourth-order valence-electron chi connectivity index (χ4n) is 2.40. The predicted molar refractivity (Wildman–Crippen MR) is 93.1 cm³/mol. The lowest BCUT2D eigenvalue weighted by Crippen LogP contribution is -2.23. The average molecular weight is 415 g/mol. The van der Waals surface area contributed by atoms with Crippen LogP contribution in [0.25, 0.3) is 0 Å². The van der Waals surface area contributed by atoms with Crippen LogP contribution < -0.4 is 5.32 Å². The Morgan fingerprint density at radius 1 is 1.14 bits per heavy atom. The van der Waals surface area contributed by atoms with Gasteiger partial charge in [0.05, 0.1) is 0 Å². The Morgan fingerprint density at radius 3 is 2.62 bits per heavy atom. The van der Waals surface area contributed by atoms with Crippen molar-refractivity contribution < 1.29 is 4.39 Å². The van der Waals surface area contributed by atoms with Gasteiger partial charge >= 0.3 is 0 Å². The predicted octanol–water partition coefficient (Wildman–Crippen LogP) is 5.55. The molecule has 0 saturated heterocycles. The van der Waals surface area contributed by atoms with Crippen LogP contribution in [0, 0.1) is 12.7 Å². The number of likely N-dealkylation sites (N-methyl/N-ethyl adjacent to an activating group) is 1. The molecule has 0 spiro atoms. The van der Waals surface area contributed by atoms with Gasteiger partial charge in [-0.1, -0.05) is 44.8 Å². The van der Waals surface area contributed by atoms with E-state index in [2.05, 4.69) is 50.2 Å². The van der Waals surface area contributed by atoms with E-state index in [4.69, 9.17) is 0 Å². The lowest BCUT2D eigenvalue weighted by Gasteiger charge is -2.21. The second-order valence-corrected chi connectivity index (χ2v) is 6.82. The van der Waals surface area contributed by atoms with Gasteiger partial charge in [-0.05, 0) is 66.9 Å². The molecule has 1 nitrogen and oxygen atoms in total. The van der Waals surface area contributed by atoms with E-state index in [1.807, 2.05) is 25.1 Å². The molecule has 21 heavy (non-hydrogen) atoms. The molecular weight excluding hydrogens is 397 g/mol. The number of benzene rings is 2. The van der Waals surface area contributed by atoms with E-state index < -0.39 is 0 Å². The van der Waals surface area contributed by atoms with E-state index in [-0.39, 0.29) is 11.9 Å². The Bertz CT molecular complexity index is 628. The van der Waals surface area contributed by atoms with Crippen LogP contribution in [-0.4, -0.2) is 6.54 Å². The van der Waals surface area contributed by atoms with Gasteiger partial charge in [-0.2, -0.15) is 0 Å². The maximum atomic E-state index is 13.5. The second-order valence-electron chi connectivity index (χ2n) is 5.05. The molecule has 0 aromatic heterocycles. The molecule has 0 radical (unpaired) electrons. The summed E-state index contributed by atoms with van der Waals surface area (Å²) in [6.45, 7) is 4.96. The van der Waals surface area contributed by atoms with E-state index in [9.17, 15) is 4.39 Å². The zero-order chi connectivity index (χ0) is 15.4. The van der Waals surface area contributed by atoms with Crippen molar-refractivity contribution in [3.8, 4) is 0 Å². The quantitative estimate of drug-likeness (QED) is 0.675. The van der Waals surface area contributed by atoms with Crippen molar-refractivity contribution in [3.63, 3.8) is 0 Å².